The Bertz CT molecular complexity index is 472. The number of hydrogen-bond donors (Lipinski definition) is 1. The number of hydrogen-bond acceptors (Lipinski definition) is 3. The number of aliphatic hydroxyl groups excluding tert-OH is 1. The van der Waals surface area contributed by atoms with Crippen molar-refractivity contribution in [2.45, 2.75) is 13.1 Å². The van der Waals surface area contributed by atoms with Crippen molar-refractivity contribution in [2.75, 3.05) is 39.7 Å². The van der Waals surface area contributed by atoms with E-state index in [1.165, 1.54) is 11.1 Å². The first-order chi connectivity index (χ1) is 11.7. The first-order valence-corrected chi connectivity index (χ1v) is 8.81. The van der Waals surface area contributed by atoms with E-state index in [0.717, 1.165) is 26.2 Å². The first kappa shape index (κ1) is 20.7. The largest absolute Gasteiger partial charge is 0.395 e. The topological polar surface area (TPSA) is 26.7 Å². The van der Waals surface area contributed by atoms with E-state index in [2.05, 4.69) is 53.2 Å². The van der Waals surface area contributed by atoms with Crippen LogP contribution in [-0.2, 0) is 13.1 Å². The number of nitrogens with zero attached hydrogens (tertiary/aromatic N) is 2. The Morgan fingerprint density at radius 2 is 1.17 bits per heavy atom. The average molecular weight is 349 g/mol. The minimum absolute atomic E-state index is 0.226. The molecule has 0 saturated heterocycles. The fourth-order valence-corrected chi connectivity index (χ4v) is 2.55. The van der Waals surface area contributed by atoms with Gasteiger partial charge in [-0.3, -0.25) is 4.90 Å². The van der Waals surface area contributed by atoms with Crippen molar-refractivity contribution in [3.05, 3.63) is 71.8 Å². The highest BCUT2D eigenvalue weighted by atomic mass is 35.5. The molecule has 0 aliphatic carbocycles. The Morgan fingerprint density at radius 1 is 0.750 bits per heavy atom. The molecule has 0 aromatic heterocycles. The van der Waals surface area contributed by atoms with Crippen LogP contribution in [0.2, 0.25) is 0 Å². The molecule has 2 aromatic carbocycles. The highest BCUT2D eigenvalue weighted by Gasteiger charge is 1.98. The summed E-state index contributed by atoms with van der Waals surface area (Å²) in [4.78, 5) is 4.30. The normalized spacial score (nSPS) is 10.6. The summed E-state index contributed by atoms with van der Waals surface area (Å²) in [6.07, 6.45) is 0. The van der Waals surface area contributed by atoms with Crippen LogP contribution in [0, 0.1) is 0 Å². The molecule has 24 heavy (non-hydrogen) atoms. The van der Waals surface area contributed by atoms with E-state index in [1.807, 2.05) is 31.3 Å². The minimum atomic E-state index is 0.226. The van der Waals surface area contributed by atoms with Crippen molar-refractivity contribution in [3.8, 4) is 0 Å². The number of rotatable bonds is 8. The summed E-state index contributed by atoms with van der Waals surface area (Å²) in [5.41, 5.74) is 2.62. The van der Waals surface area contributed by atoms with Crippen molar-refractivity contribution in [1.82, 2.24) is 9.80 Å². The lowest BCUT2D eigenvalue weighted by molar-refractivity contribution is 0.217. The van der Waals surface area contributed by atoms with Crippen molar-refractivity contribution in [1.29, 1.82) is 0 Å². The zero-order chi connectivity index (χ0) is 17.6. The second-order valence-electron chi connectivity index (χ2n) is 5.86. The summed E-state index contributed by atoms with van der Waals surface area (Å²) in [7, 11) is 4.08. The third-order valence-corrected chi connectivity index (χ3v) is 3.71. The van der Waals surface area contributed by atoms with Gasteiger partial charge in [0.25, 0.3) is 0 Å². The lowest BCUT2D eigenvalue weighted by atomic mass is 10.2. The van der Waals surface area contributed by atoms with Gasteiger partial charge in [0.2, 0.25) is 0 Å². The molecule has 0 bridgehead atoms. The van der Waals surface area contributed by atoms with Crippen LogP contribution in [0.15, 0.2) is 60.7 Å². The Balaban J connectivity index is 0.000000240. The van der Waals surface area contributed by atoms with Crippen LogP contribution in [0.3, 0.4) is 0 Å². The highest BCUT2D eigenvalue weighted by molar-refractivity contribution is 6.18. The summed E-state index contributed by atoms with van der Waals surface area (Å²) in [6.45, 7) is 3.78. The van der Waals surface area contributed by atoms with Crippen LogP contribution in [0.5, 0.6) is 0 Å². The van der Waals surface area contributed by atoms with Gasteiger partial charge in [0, 0.05) is 32.1 Å². The predicted octanol–water partition coefficient (Wildman–Crippen LogP) is 3.47. The maximum Gasteiger partial charge on any atom is 0.0558 e. The standard InChI is InChI=1S/C10H14ClN.C10H15NO/c1-12(8-7-11)9-10-5-3-2-4-6-10;1-11(7-8-12)9-10-5-3-2-4-6-10/h2-6H,7-9H2,1H3;2-6,12H,7-9H2,1H3. The highest BCUT2D eigenvalue weighted by Crippen LogP contribution is 2.02. The van der Waals surface area contributed by atoms with Crippen LogP contribution >= 0.6 is 11.6 Å². The van der Waals surface area contributed by atoms with Gasteiger partial charge in [0.15, 0.2) is 0 Å². The quantitative estimate of drug-likeness (QED) is 0.740. The monoisotopic (exact) mass is 348 g/mol. The maximum absolute atomic E-state index is 8.67. The van der Waals surface area contributed by atoms with E-state index in [-0.39, 0.29) is 6.61 Å². The SMILES string of the molecule is CN(CCCl)Cc1ccccc1.CN(CCO)Cc1ccccc1. The van der Waals surface area contributed by atoms with Crippen LogP contribution in [0.4, 0.5) is 0 Å². The van der Waals surface area contributed by atoms with Gasteiger partial charge in [-0.15, -0.1) is 11.6 Å². The molecule has 1 N–H and O–H groups in total. The van der Waals surface area contributed by atoms with Crippen molar-refractivity contribution in [3.63, 3.8) is 0 Å². The molecule has 0 heterocycles. The summed E-state index contributed by atoms with van der Waals surface area (Å²) in [5.74, 6) is 0.698. The number of halogens is 1. The van der Waals surface area contributed by atoms with Gasteiger partial charge >= 0.3 is 0 Å². The lowest BCUT2D eigenvalue weighted by Crippen LogP contribution is -2.21. The Morgan fingerprint density at radius 3 is 1.54 bits per heavy atom. The summed E-state index contributed by atoms with van der Waals surface area (Å²) in [6, 6.07) is 20.7. The van der Waals surface area contributed by atoms with Crippen LogP contribution in [0.1, 0.15) is 11.1 Å². The van der Waals surface area contributed by atoms with Gasteiger partial charge in [-0.05, 0) is 25.2 Å². The molecular formula is C20H29ClN2O. The Kier molecular flexibility index (Phi) is 11.2. The van der Waals surface area contributed by atoms with Gasteiger partial charge in [-0.1, -0.05) is 60.7 Å². The molecule has 0 fully saturated rings. The van der Waals surface area contributed by atoms with Gasteiger partial charge in [0.1, 0.15) is 0 Å². The molecule has 132 valence electrons. The van der Waals surface area contributed by atoms with E-state index in [0.29, 0.717) is 5.88 Å². The van der Waals surface area contributed by atoms with E-state index in [4.69, 9.17) is 16.7 Å². The second-order valence-corrected chi connectivity index (χ2v) is 6.24. The predicted molar refractivity (Wildman–Crippen MR) is 103 cm³/mol. The van der Waals surface area contributed by atoms with Crippen LogP contribution < -0.4 is 0 Å². The molecule has 0 saturated carbocycles. The molecule has 2 aromatic rings. The molecule has 0 aliphatic heterocycles. The smallest absolute Gasteiger partial charge is 0.0558 e. The summed E-state index contributed by atoms with van der Waals surface area (Å²) in [5, 5.41) is 8.67. The van der Waals surface area contributed by atoms with E-state index in [1.54, 1.807) is 0 Å². The number of aliphatic hydroxyl groups is 1. The average Bonchev–Trinajstić information content (AvgIpc) is 2.58. The van der Waals surface area contributed by atoms with Crippen molar-refractivity contribution < 1.29 is 5.11 Å². The molecule has 3 nitrogen and oxygen atoms in total. The van der Waals surface area contributed by atoms with Crippen molar-refractivity contribution >= 4 is 11.6 Å². The first-order valence-electron chi connectivity index (χ1n) is 8.27. The fraction of sp³-hybridized carbons (Fsp3) is 0.400. The fourth-order valence-electron chi connectivity index (χ4n) is 2.26. The number of benzene rings is 2. The molecule has 4 heteroatoms. The molecule has 0 atom stereocenters. The molecule has 0 amide bonds. The summed E-state index contributed by atoms with van der Waals surface area (Å²) >= 11 is 5.62. The van der Waals surface area contributed by atoms with Gasteiger partial charge < -0.3 is 10.0 Å². The second kappa shape index (κ2) is 13.0. The molecule has 0 radical (unpaired) electrons. The number of likely N-dealkylation sites (N-methyl/N-ethyl adjacent to an activating group) is 1. The molecule has 0 spiro atoms. The van der Waals surface area contributed by atoms with E-state index >= 15 is 0 Å². The third-order valence-electron chi connectivity index (χ3n) is 3.54. The van der Waals surface area contributed by atoms with Gasteiger partial charge in [0.05, 0.1) is 6.61 Å². The Labute approximate surface area is 151 Å². The molecule has 0 aliphatic rings. The van der Waals surface area contributed by atoms with E-state index < -0.39 is 0 Å². The van der Waals surface area contributed by atoms with E-state index in [9.17, 15) is 0 Å². The maximum atomic E-state index is 8.67. The molecule has 0 unspecified atom stereocenters. The molecule has 2 rings (SSSR count). The zero-order valence-electron chi connectivity index (χ0n) is 14.7. The minimum Gasteiger partial charge on any atom is -0.395 e. The zero-order valence-corrected chi connectivity index (χ0v) is 15.5. The van der Waals surface area contributed by atoms with Crippen LogP contribution in [-0.4, -0.2) is 54.6 Å². The molecular weight excluding hydrogens is 320 g/mol. The number of alkyl halides is 1. The van der Waals surface area contributed by atoms with Crippen LogP contribution in [0.25, 0.3) is 0 Å². The van der Waals surface area contributed by atoms with Gasteiger partial charge in [-0.2, -0.15) is 0 Å². The van der Waals surface area contributed by atoms with Gasteiger partial charge in [-0.25, -0.2) is 0 Å². The Hall–Kier alpha value is -1.39. The summed E-state index contributed by atoms with van der Waals surface area (Å²) < 4.78 is 0. The lowest BCUT2D eigenvalue weighted by Gasteiger charge is -2.14. The van der Waals surface area contributed by atoms with Crippen molar-refractivity contribution in [2.24, 2.45) is 0 Å². The third kappa shape index (κ3) is 9.68.